The number of hydrogen-bond acceptors (Lipinski definition) is 3. The van der Waals surface area contributed by atoms with Gasteiger partial charge in [0.25, 0.3) is 0 Å². The molecule has 1 saturated heterocycles. The Labute approximate surface area is 165 Å². The predicted octanol–water partition coefficient (Wildman–Crippen LogP) is 3.83. The molecule has 1 aliphatic carbocycles. The molecule has 0 aromatic heterocycles. The number of nitrogens with one attached hydrogen (secondary N) is 1. The van der Waals surface area contributed by atoms with Crippen molar-refractivity contribution in [1.82, 2.24) is 10.2 Å². The molecule has 2 aromatic carbocycles. The summed E-state index contributed by atoms with van der Waals surface area (Å²) >= 11 is 0. The highest BCUT2D eigenvalue weighted by atomic mass is 19.1. The summed E-state index contributed by atoms with van der Waals surface area (Å²) < 4.78 is 15.2. The Hall–Kier alpha value is -2.24. The Bertz CT molecular complexity index is 818. The summed E-state index contributed by atoms with van der Waals surface area (Å²) in [5.74, 6) is -0.397. The van der Waals surface area contributed by atoms with Crippen molar-refractivity contribution < 1.29 is 14.3 Å². The SMILES string of the molecule is O=C(O)c1ccccc1CN1CCC(F)(CN[C@H]2C[C@@H]2c2ccccc2)CC1. The highest BCUT2D eigenvalue weighted by Gasteiger charge is 2.41. The van der Waals surface area contributed by atoms with Gasteiger partial charge < -0.3 is 10.4 Å². The first-order chi connectivity index (χ1) is 13.5. The van der Waals surface area contributed by atoms with Gasteiger partial charge in [-0.25, -0.2) is 9.18 Å². The van der Waals surface area contributed by atoms with Gasteiger partial charge >= 0.3 is 5.97 Å². The fraction of sp³-hybridized carbons (Fsp3) is 0.435. The molecule has 1 saturated carbocycles. The van der Waals surface area contributed by atoms with Gasteiger partial charge in [0.1, 0.15) is 5.67 Å². The number of likely N-dealkylation sites (tertiary alicyclic amines) is 1. The topological polar surface area (TPSA) is 52.6 Å². The fourth-order valence-electron chi connectivity index (χ4n) is 4.20. The number of carbonyl (C=O) groups is 1. The molecule has 5 heteroatoms. The number of benzene rings is 2. The van der Waals surface area contributed by atoms with E-state index in [9.17, 15) is 9.90 Å². The van der Waals surface area contributed by atoms with Crippen LogP contribution in [0.3, 0.4) is 0 Å². The van der Waals surface area contributed by atoms with Crippen molar-refractivity contribution in [2.75, 3.05) is 19.6 Å². The van der Waals surface area contributed by atoms with Crippen LogP contribution >= 0.6 is 0 Å². The van der Waals surface area contributed by atoms with E-state index < -0.39 is 11.6 Å². The molecule has 0 bridgehead atoms. The number of rotatable bonds is 7. The summed E-state index contributed by atoms with van der Waals surface area (Å²) in [7, 11) is 0. The fourth-order valence-corrected chi connectivity index (χ4v) is 4.20. The van der Waals surface area contributed by atoms with Crippen molar-refractivity contribution in [3.05, 3.63) is 71.3 Å². The molecule has 0 spiro atoms. The van der Waals surface area contributed by atoms with Crippen LogP contribution in [-0.2, 0) is 6.54 Å². The van der Waals surface area contributed by atoms with Gasteiger partial charge in [-0.1, -0.05) is 48.5 Å². The second kappa shape index (κ2) is 8.02. The van der Waals surface area contributed by atoms with Crippen LogP contribution in [0, 0.1) is 0 Å². The van der Waals surface area contributed by atoms with Crippen LogP contribution < -0.4 is 5.32 Å². The van der Waals surface area contributed by atoms with Gasteiger partial charge in [0, 0.05) is 38.1 Å². The molecule has 2 N–H and O–H groups in total. The van der Waals surface area contributed by atoms with Crippen LogP contribution in [0.25, 0.3) is 0 Å². The lowest BCUT2D eigenvalue weighted by Crippen LogP contribution is -2.47. The molecular formula is C23H27FN2O2. The predicted molar refractivity (Wildman–Crippen MR) is 107 cm³/mol. The van der Waals surface area contributed by atoms with Gasteiger partial charge in [0.2, 0.25) is 0 Å². The first-order valence-electron chi connectivity index (χ1n) is 10.0. The van der Waals surface area contributed by atoms with E-state index in [-0.39, 0.29) is 0 Å². The van der Waals surface area contributed by atoms with Gasteiger partial charge in [-0.15, -0.1) is 0 Å². The van der Waals surface area contributed by atoms with E-state index in [0.717, 1.165) is 12.0 Å². The van der Waals surface area contributed by atoms with E-state index in [0.29, 0.717) is 56.5 Å². The minimum Gasteiger partial charge on any atom is -0.478 e. The zero-order chi connectivity index (χ0) is 19.6. The number of nitrogens with zero attached hydrogens (tertiary/aromatic N) is 1. The van der Waals surface area contributed by atoms with Gasteiger partial charge in [-0.3, -0.25) is 4.90 Å². The minimum absolute atomic E-state index is 0.335. The zero-order valence-corrected chi connectivity index (χ0v) is 16.0. The molecule has 2 aromatic rings. The molecule has 148 valence electrons. The molecule has 1 heterocycles. The number of carboxylic acids is 1. The van der Waals surface area contributed by atoms with E-state index in [1.807, 2.05) is 18.2 Å². The quantitative estimate of drug-likeness (QED) is 0.764. The lowest BCUT2D eigenvalue weighted by Gasteiger charge is -2.36. The molecule has 0 radical (unpaired) electrons. The Kier molecular flexibility index (Phi) is 5.47. The molecule has 1 aliphatic heterocycles. The van der Waals surface area contributed by atoms with Crippen molar-refractivity contribution in [3.63, 3.8) is 0 Å². The normalized spacial score (nSPS) is 24.0. The first kappa shape index (κ1) is 19.1. The molecule has 0 unspecified atom stereocenters. The number of halogens is 1. The van der Waals surface area contributed by atoms with Crippen LogP contribution in [0.2, 0.25) is 0 Å². The Morgan fingerprint density at radius 3 is 2.50 bits per heavy atom. The third kappa shape index (κ3) is 4.42. The number of piperidine rings is 1. The average Bonchev–Trinajstić information content (AvgIpc) is 3.49. The zero-order valence-electron chi connectivity index (χ0n) is 16.0. The third-order valence-corrected chi connectivity index (χ3v) is 6.09. The van der Waals surface area contributed by atoms with Crippen LogP contribution in [0.15, 0.2) is 54.6 Å². The summed E-state index contributed by atoms with van der Waals surface area (Å²) in [6, 6.07) is 17.9. The van der Waals surface area contributed by atoms with Gasteiger partial charge in [0.15, 0.2) is 0 Å². The number of carboxylic acid groups (broad SMARTS) is 1. The molecule has 2 fully saturated rings. The first-order valence-corrected chi connectivity index (χ1v) is 10.0. The van der Waals surface area contributed by atoms with Gasteiger partial charge in [-0.05, 0) is 36.5 Å². The maximum atomic E-state index is 15.2. The average molecular weight is 382 g/mol. The lowest BCUT2D eigenvalue weighted by atomic mass is 9.92. The Morgan fingerprint density at radius 2 is 1.79 bits per heavy atom. The maximum Gasteiger partial charge on any atom is 0.336 e. The van der Waals surface area contributed by atoms with Crippen molar-refractivity contribution in [3.8, 4) is 0 Å². The van der Waals surface area contributed by atoms with Gasteiger partial charge in [-0.2, -0.15) is 0 Å². The second-order valence-corrected chi connectivity index (χ2v) is 8.13. The molecule has 4 rings (SSSR count). The summed E-state index contributed by atoms with van der Waals surface area (Å²) in [6.45, 7) is 2.27. The standard InChI is InChI=1S/C23H27FN2O2/c24-23(16-25-21-14-20(21)17-6-2-1-3-7-17)10-12-26(13-11-23)15-18-8-4-5-9-19(18)22(27)28/h1-9,20-21,25H,10-16H2,(H,27,28)/t20-,21+/m1/s1. The van der Waals surface area contributed by atoms with Crippen LogP contribution in [0.1, 0.15) is 46.7 Å². The monoisotopic (exact) mass is 382 g/mol. The summed E-state index contributed by atoms with van der Waals surface area (Å²) in [5.41, 5.74) is 1.29. The number of hydrogen-bond donors (Lipinski definition) is 2. The van der Waals surface area contributed by atoms with E-state index in [1.165, 1.54) is 5.56 Å². The smallest absolute Gasteiger partial charge is 0.336 e. The summed E-state index contributed by atoms with van der Waals surface area (Å²) in [4.78, 5) is 13.5. The molecule has 4 nitrogen and oxygen atoms in total. The summed E-state index contributed by atoms with van der Waals surface area (Å²) in [5, 5.41) is 12.8. The Morgan fingerprint density at radius 1 is 1.11 bits per heavy atom. The largest absolute Gasteiger partial charge is 0.478 e. The van der Waals surface area contributed by atoms with E-state index in [2.05, 4.69) is 34.5 Å². The lowest BCUT2D eigenvalue weighted by molar-refractivity contribution is 0.0536. The highest BCUT2D eigenvalue weighted by Crippen LogP contribution is 2.41. The molecule has 2 atom stereocenters. The number of aromatic carboxylic acids is 1. The highest BCUT2D eigenvalue weighted by molar-refractivity contribution is 5.89. The molecule has 28 heavy (non-hydrogen) atoms. The van der Waals surface area contributed by atoms with Crippen molar-refractivity contribution in [1.29, 1.82) is 0 Å². The van der Waals surface area contributed by atoms with Crippen molar-refractivity contribution in [2.24, 2.45) is 0 Å². The minimum atomic E-state index is -1.17. The summed E-state index contributed by atoms with van der Waals surface area (Å²) in [6.07, 6.45) is 2.05. The second-order valence-electron chi connectivity index (χ2n) is 8.13. The van der Waals surface area contributed by atoms with Gasteiger partial charge in [0.05, 0.1) is 5.56 Å². The number of alkyl halides is 1. The van der Waals surface area contributed by atoms with Crippen LogP contribution in [-0.4, -0.2) is 47.3 Å². The Balaban J connectivity index is 1.25. The van der Waals surface area contributed by atoms with Crippen molar-refractivity contribution >= 4 is 5.97 Å². The van der Waals surface area contributed by atoms with Crippen molar-refractivity contribution in [2.45, 2.75) is 43.4 Å². The molecule has 0 amide bonds. The van der Waals surface area contributed by atoms with E-state index >= 15 is 4.39 Å². The third-order valence-electron chi connectivity index (χ3n) is 6.09. The van der Waals surface area contributed by atoms with E-state index in [1.54, 1.807) is 12.1 Å². The molecular weight excluding hydrogens is 355 g/mol. The van der Waals surface area contributed by atoms with E-state index in [4.69, 9.17) is 0 Å². The molecule has 2 aliphatic rings. The van der Waals surface area contributed by atoms with Crippen LogP contribution in [0.5, 0.6) is 0 Å². The maximum absolute atomic E-state index is 15.2. The van der Waals surface area contributed by atoms with Crippen LogP contribution in [0.4, 0.5) is 4.39 Å².